The highest BCUT2D eigenvalue weighted by Gasteiger charge is 2.30. The van der Waals surface area contributed by atoms with Crippen LogP contribution in [-0.4, -0.2) is 25.0 Å². The fourth-order valence-electron chi connectivity index (χ4n) is 1.10. The Bertz CT molecular complexity index is 206. The van der Waals surface area contributed by atoms with Gasteiger partial charge in [-0.25, -0.2) is 4.79 Å². The summed E-state index contributed by atoms with van der Waals surface area (Å²) in [5, 5.41) is 2.50. The highest BCUT2D eigenvalue weighted by molar-refractivity contribution is 5.86. The van der Waals surface area contributed by atoms with E-state index in [0.29, 0.717) is 0 Å². The number of alkyl carbamates (subject to hydrolysis) is 1. The van der Waals surface area contributed by atoms with Crippen molar-refractivity contribution in [2.75, 3.05) is 7.11 Å². The number of ether oxygens (including phenoxy) is 1. The largest absolute Gasteiger partial charge is 0.453 e. The number of Topliss-reactive ketones (excluding diaryl/α,β-unsaturated/α-hetero) is 1. The predicted octanol–water partition coefficient (Wildman–Crippen LogP) is 2.37. The van der Waals surface area contributed by atoms with Crippen LogP contribution < -0.4 is 5.32 Å². The molecule has 4 nitrogen and oxygen atoms in total. The minimum absolute atomic E-state index is 0.0714. The molecule has 1 unspecified atom stereocenters. The maximum atomic E-state index is 11.2. The molecule has 0 aromatic carbocycles. The van der Waals surface area contributed by atoms with E-state index in [0.717, 1.165) is 0 Å². The van der Waals surface area contributed by atoms with Crippen LogP contribution in [0.2, 0.25) is 0 Å². The molecule has 0 aromatic heterocycles. The van der Waals surface area contributed by atoms with E-state index in [1.165, 1.54) is 14.0 Å². The fourth-order valence-corrected chi connectivity index (χ4v) is 1.10. The second kappa shape index (κ2) is 7.26. The zero-order chi connectivity index (χ0) is 12.6. The lowest BCUT2D eigenvalue weighted by molar-refractivity contribution is -0.121. The summed E-state index contributed by atoms with van der Waals surface area (Å²) in [4.78, 5) is 22.1. The van der Waals surface area contributed by atoms with E-state index in [1.54, 1.807) is 0 Å². The molecule has 0 spiro atoms. The fraction of sp³-hybridized carbons (Fsp3) is 0.818. The summed E-state index contributed by atoms with van der Waals surface area (Å²) in [5.41, 5.74) is -0.292. The van der Waals surface area contributed by atoms with Crippen LogP contribution >= 0.6 is 0 Å². The first kappa shape index (κ1) is 16.4. The molecule has 0 bridgehead atoms. The Morgan fingerprint density at radius 2 is 1.60 bits per heavy atom. The average Bonchev–Trinajstić information content (AvgIpc) is 2.14. The number of carbonyl (C=O) groups excluding carboxylic acids is 2. The summed E-state index contributed by atoms with van der Waals surface area (Å²) in [6, 6.07) is -0.500. The molecule has 1 amide bonds. The van der Waals surface area contributed by atoms with Gasteiger partial charge in [0.2, 0.25) is 0 Å². The van der Waals surface area contributed by atoms with Gasteiger partial charge in [0.05, 0.1) is 13.2 Å². The standard InChI is InChI=1S/C9H17NO3.C2H6/c1-6(11)7(9(2,3)4)10-8(12)13-5;1-2/h7H,1-5H3,(H,10,12);1-2H3. The van der Waals surface area contributed by atoms with E-state index in [-0.39, 0.29) is 11.2 Å². The summed E-state index contributed by atoms with van der Waals surface area (Å²) in [6.45, 7) is 11.1. The Balaban J connectivity index is 0. The molecule has 0 aromatic rings. The van der Waals surface area contributed by atoms with Crippen LogP contribution in [0.3, 0.4) is 0 Å². The molecule has 0 saturated heterocycles. The number of amides is 1. The molecule has 0 saturated carbocycles. The molecule has 0 radical (unpaired) electrons. The Hall–Kier alpha value is -1.06. The van der Waals surface area contributed by atoms with Gasteiger partial charge in [0.15, 0.2) is 5.78 Å². The molecule has 1 N–H and O–H groups in total. The van der Waals surface area contributed by atoms with E-state index in [4.69, 9.17) is 0 Å². The van der Waals surface area contributed by atoms with Gasteiger partial charge >= 0.3 is 6.09 Å². The van der Waals surface area contributed by atoms with Crippen molar-refractivity contribution < 1.29 is 14.3 Å². The maximum Gasteiger partial charge on any atom is 0.407 e. The highest BCUT2D eigenvalue weighted by Crippen LogP contribution is 2.19. The SMILES string of the molecule is CC.COC(=O)NC(C(C)=O)C(C)(C)C. The van der Waals surface area contributed by atoms with E-state index in [9.17, 15) is 9.59 Å². The summed E-state index contributed by atoms with van der Waals surface area (Å²) < 4.78 is 4.42. The van der Waals surface area contributed by atoms with Gasteiger partial charge in [-0.3, -0.25) is 4.79 Å². The highest BCUT2D eigenvalue weighted by atomic mass is 16.5. The van der Waals surface area contributed by atoms with E-state index in [1.807, 2.05) is 34.6 Å². The van der Waals surface area contributed by atoms with Crippen molar-refractivity contribution in [3.8, 4) is 0 Å². The molecule has 90 valence electrons. The van der Waals surface area contributed by atoms with Crippen LogP contribution in [-0.2, 0) is 9.53 Å². The van der Waals surface area contributed by atoms with Crippen molar-refractivity contribution in [2.45, 2.75) is 47.6 Å². The molecule has 0 rings (SSSR count). The number of nitrogens with one attached hydrogen (secondary N) is 1. The number of hydrogen-bond acceptors (Lipinski definition) is 3. The summed E-state index contributed by atoms with van der Waals surface area (Å²) in [6.07, 6.45) is -0.574. The third-order valence-electron chi connectivity index (χ3n) is 1.72. The van der Waals surface area contributed by atoms with E-state index in [2.05, 4.69) is 10.1 Å². The number of hydrogen-bond donors (Lipinski definition) is 1. The zero-order valence-electron chi connectivity index (χ0n) is 10.8. The second-order valence-electron chi connectivity index (χ2n) is 4.05. The van der Waals surface area contributed by atoms with Crippen molar-refractivity contribution in [2.24, 2.45) is 5.41 Å². The molecular weight excluding hydrogens is 194 g/mol. The van der Waals surface area contributed by atoms with Gasteiger partial charge in [0.25, 0.3) is 0 Å². The van der Waals surface area contributed by atoms with Crippen LogP contribution in [0.25, 0.3) is 0 Å². The second-order valence-corrected chi connectivity index (χ2v) is 4.05. The van der Waals surface area contributed by atoms with Gasteiger partial charge in [0.1, 0.15) is 0 Å². The predicted molar refractivity (Wildman–Crippen MR) is 60.8 cm³/mol. The first-order valence-corrected chi connectivity index (χ1v) is 5.14. The quantitative estimate of drug-likeness (QED) is 0.772. The lowest BCUT2D eigenvalue weighted by atomic mass is 9.85. The Kier molecular flexibility index (Phi) is 7.92. The van der Waals surface area contributed by atoms with Crippen LogP contribution in [0.15, 0.2) is 0 Å². The normalized spacial score (nSPS) is 11.9. The van der Waals surface area contributed by atoms with E-state index < -0.39 is 12.1 Å². The Labute approximate surface area is 92.4 Å². The molecule has 4 heteroatoms. The number of methoxy groups -OCH3 is 1. The van der Waals surface area contributed by atoms with Crippen molar-refractivity contribution in [3.05, 3.63) is 0 Å². The minimum Gasteiger partial charge on any atom is -0.453 e. The lowest BCUT2D eigenvalue weighted by Crippen LogP contribution is -2.48. The molecule has 0 aliphatic rings. The topological polar surface area (TPSA) is 55.4 Å². The summed E-state index contributed by atoms with van der Waals surface area (Å²) in [7, 11) is 1.27. The van der Waals surface area contributed by atoms with Crippen molar-refractivity contribution in [1.29, 1.82) is 0 Å². The Morgan fingerprint density at radius 3 is 1.80 bits per heavy atom. The Morgan fingerprint density at radius 1 is 1.20 bits per heavy atom. The molecule has 1 atom stereocenters. The lowest BCUT2D eigenvalue weighted by Gasteiger charge is -2.28. The van der Waals surface area contributed by atoms with Gasteiger partial charge in [-0.1, -0.05) is 34.6 Å². The third kappa shape index (κ3) is 6.94. The van der Waals surface area contributed by atoms with Crippen molar-refractivity contribution in [3.63, 3.8) is 0 Å². The maximum absolute atomic E-state index is 11.2. The minimum atomic E-state index is -0.574. The molecule has 0 aliphatic heterocycles. The van der Waals surface area contributed by atoms with Gasteiger partial charge in [-0.05, 0) is 12.3 Å². The monoisotopic (exact) mass is 217 g/mol. The van der Waals surface area contributed by atoms with Crippen LogP contribution in [0.1, 0.15) is 41.5 Å². The smallest absolute Gasteiger partial charge is 0.407 e. The van der Waals surface area contributed by atoms with Crippen molar-refractivity contribution >= 4 is 11.9 Å². The average molecular weight is 217 g/mol. The molecule has 0 aliphatic carbocycles. The van der Waals surface area contributed by atoms with Gasteiger partial charge in [-0.15, -0.1) is 0 Å². The number of rotatable bonds is 2. The van der Waals surface area contributed by atoms with Crippen LogP contribution in [0.5, 0.6) is 0 Å². The zero-order valence-corrected chi connectivity index (χ0v) is 10.8. The van der Waals surface area contributed by atoms with Gasteiger partial charge in [0, 0.05) is 0 Å². The summed E-state index contributed by atoms with van der Waals surface area (Å²) >= 11 is 0. The number of ketones is 1. The molecule has 0 heterocycles. The van der Waals surface area contributed by atoms with Gasteiger partial charge in [-0.2, -0.15) is 0 Å². The van der Waals surface area contributed by atoms with E-state index >= 15 is 0 Å². The van der Waals surface area contributed by atoms with Gasteiger partial charge < -0.3 is 10.1 Å². The van der Waals surface area contributed by atoms with Crippen LogP contribution in [0, 0.1) is 5.41 Å². The summed E-state index contributed by atoms with van der Waals surface area (Å²) in [5.74, 6) is -0.0714. The molecule has 0 fully saturated rings. The van der Waals surface area contributed by atoms with Crippen molar-refractivity contribution in [1.82, 2.24) is 5.32 Å². The first-order valence-electron chi connectivity index (χ1n) is 5.14. The third-order valence-corrected chi connectivity index (χ3v) is 1.72. The number of carbonyl (C=O) groups is 2. The first-order chi connectivity index (χ1) is 6.79. The van der Waals surface area contributed by atoms with Crippen LogP contribution in [0.4, 0.5) is 4.79 Å². The molecule has 15 heavy (non-hydrogen) atoms. The molecular formula is C11H23NO3.